The van der Waals surface area contributed by atoms with Gasteiger partial charge >= 0.3 is 0 Å². The number of benzene rings is 1. The van der Waals surface area contributed by atoms with Crippen molar-refractivity contribution in [2.45, 2.75) is 0 Å². The molecule has 0 saturated carbocycles. The summed E-state index contributed by atoms with van der Waals surface area (Å²) in [5.41, 5.74) is 8.26. The molecule has 0 amide bonds. The Morgan fingerprint density at radius 1 is 0.964 bits per heavy atom. The van der Waals surface area contributed by atoms with Gasteiger partial charge in [-0.3, -0.25) is 15.8 Å². The van der Waals surface area contributed by atoms with Gasteiger partial charge in [-0.2, -0.15) is 4.98 Å². The molecule has 3 N–H and O–H groups in total. The van der Waals surface area contributed by atoms with E-state index in [-0.39, 0.29) is 0 Å². The first-order valence-electron chi connectivity index (χ1n) is 8.67. The number of likely N-dealkylation sites (N-methyl/N-ethyl adjacent to an activating group) is 1. The van der Waals surface area contributed by atoms with Crippen molar-refractivity contribution in [3.8, 4) is 11.4 Å². The third kappa shape index (κ3) is 5.69. The summed E-state index contributed by atoms with van der Waals surface area (Å²) in [5.74, 6) is 1.09. The first-order valence-corrected chi connectivity index (χ1v) is 9.43. The Morgan fingerprint density at radius 2 is 1.82 bits per heavy atom. The molecule has 0 aliphatic heterocycles. The summed E-state index contributed by atoms with van der Waals surface area (Å²) in [7, 11) is 4.03. The number of hydrogen-bond donors (Lipinski definition) is 3. The molecule has 3 aromatic rings. The van der Waals surface area contributed by atoms with Gasteiger partial charge in [0.05, 0.1) is 22.1 Å². The third-order valence-corrected chi connectivity index (χ3v) is 4.30. The van der Waals surface area contributed by atoms with Crippen molar-refractivity contribution >= 4 is 40.7 Å². The summed E-state index contributed by atoms with van der Waals surface area (Å²) < 4.78 is 0. The van der Waals surface area contributed by atoms with E-state index in [0.717, 1.165) is 12.2 Å². The van der Waals surface area contributed by atoms with Crippen LogP contribution < -0.4 is 16.2 Å². The first-order chi connectivity index (χ1) is 13.5. The monoisotopic (exact) mass is 417 g/mol. The second-order valence-corrected chi connectivity index (χ2v) is 7.12. The second kappa shape index (κ2) is 9.54. The summed E-state index contributed by atoms with van der Waals surface area (Å²) in [6.07, 6.45) is 1.73. The van der Waals surface area contributed by atoms with E-state index in [1.165, 1.54) is 0 Å². The zero-order valence-corrected chi connectivity index (χ0v) is 17.1. The lowest BCUT2D eigenvalue weighted by atomic mass is 10.2. The smallest absolute Gasteiger partial charge is 0.225 e. The van der Waals surface area contributed by atoms with E-state index in [1.54, 1.807) is 24.4 Å². The van der Waals surface area contributed by atoms with Gasteiger partial charge < -0.3 is 10.2 Å². The van der Waals surface area contributed by atoms with Gasteiger partial charge in [-0.1, -0.05) is 29.3 Å². The number of nitrogens with one attached hydrogen (secondary N) is 3. The van der Waals surface area contributed by atoms with Crippen LogP contribution in [0.4, 0.5) is 17.5 Å². The van der Waals surface area contributed by atoms with Gasteiger partial charge in [-0.25, -0.2) is 4.98 Å². The number of rotatable bonds is 8. The molecule has 0 fully saturated rings. The SMILES string of the molecule is CN(C)CCNc1nc(NNc2ccc(Cl)cc2Cl)cc(-c2ccccn2)n1. The fourth-order valence-corrected chi connectivity index (χ4v) is 2.81. The maximum atomic E-state index is 6.21. The minimum absolute atomic E-state index is 0.503. The number of hydrogen-bond acceptors (Lipinski definition) is 7. The Labute approximate surface area is 174 Å². The fourth-order valence-electron chi connectivity index (χ4n) is 2.35. The van der Waals surface area contributed by atoms with E-state index in [9.17, 15) is 0 Å². The third-order valence-electron chi connectivity index (χ3n) is 3.75. The molecule has 0 aliphatic carbocycles. The molecule has 2 heterocycles. The van der Waals surface area contributed by atoms with Crippen LogP contribution in [0.5, 0.6) is 0 Å². The molecule has 0 radical (unpaired) electrons. The van der Waals surface area contributed by atoms with E-state index in [2.05, 4.69) is 36.0 Å². The minimum atomic E-state index is 0.503. The van der Waals surface area contributed by atoms with Crippen LogP contribution in [0.15, 0.2) is 48.7 Å². The lowest BCUT2D eigenvalue weighted by Gasteiger charge is -2.14. The summed E-state index contributed by atoms with van der Waals surface area (Å²) >= 11 is 12.1. The van der Waals surface area contributed by atoms with Gasteiger partial charge in [0.2, 0.25) is 5.95 Å². The topological polar surface area (TPSA) is 78.0 Å². The van der Waals surface area contributed by atoms with Crippen molar-refractivity contribution in [1.29, 1.82) is 0 Å². The van der Waals surface area contributed by atoms with Crippen molar-refractivity contribution in [2.24, 2.45) is 0 Å². The van der Waals surface area contributed by atoms with Gasteiger partial charge in [0.1, 0.15) is 0 Å². The van der Waals surface area contributed by atoms with Gasteiger partial charge in [0.25, 0.3) is 0 Å². The van der Waals surface area contributed by atoms with E-state index < -0.39 is 0 Å². The molecule has 0 bridgehead atoms. The molecular formula is C19H21Cl2N7. The van der Waals surface area contributed by atoms with Gasteiger partial charge in [0.15, 0.2) is 5.82 Å². The standard InChI is InChI=1S/C19H21Cl2N7/c1-28(2)10-9-23-19-24-17(16-5-3-4-8-22-16)12-18(25-19)27-26-15-7-6-13(20)11-14(15)21/h3-8,11-12,26H,9-10H2,1-2H3,(H2,23,24,25,27). The molecule has 3 rings (SSSR count). The van der Waals surface area contributed by atoms with E-state index in [0.29, 0.717) is 39.7 Å². The Kier molecular flexibility index (Phi) is 6.86. The van der Waals surface area contributed by atoms with Crippen molar-refractivity contribution in [3.05, 3.63) is 58.7 Å². The summed E-state index contributed by atoms with van der Waals surface area (Å²) in [4.78, 5) is 15.5. The average Bonchev–Trinajstić information content (AvgIpc) is 2.67. The predicted octanol–water partition coefficient (Wildman–Crippen LogP) is 4.26. The molecule has 1 aromatic carbocycles. The molecule has 146 valence electrons. The Balaban J connectivity index is 1.81. The minimum Gasteiger partial charge on any atom is -0.353 e. The molecule has 2 aromatic heterocycles. The number of halogens is 2. The van der Waals surface area contributed by atoms with Gasteiger partial charge in [0, 0.05) is 30.4 Å². The number of pyridine rings is 1. The Hall–Kier alpha value is -2.61. The van der Waals surface area contributed by atoms with Gasteiger partial charge in [-0.15, -0.1) is 0 Å². The maximum Gasteiger partial charge on any atom is 0.225 e. The molecule has 0 spiro atoms. The van der Waals surface area contributed by atoms with Crippen molar-refractivity contribution in [3.63, 3.8) is 0 Å². The lowest BCUT2D eigenvalue weighted by Crippen LogP contribution is -2.22. The quantitative estimate of drug-likeness (QED) is 0.472. The summed E-state index contributed by atoms with van der Waals surface area (Å²) in [6, 6.07) is 12.7. The van der Waals surface area contributed by atoms with Crippen LogP contribution in [0.1, 0.15) is 0 Å². The van der Waals surface area contributed by atoms with Gasteiger partial charge in [-0.05, 0) is 44.4 Å². The Bertz CT molecular complexity index is 919. The lowest BCUT2D eigenvalue weighted by molar-refractivity contribution is 0.425. The average molecular weight is 418 g/mol. The number of hydrazine groups is 1. The molecular weight excluding hydrogens is 397 g/mol. The normalized spacial score (nSPS) is 10.8. The predicted molar refractivity (Wildman–Crippen MR) is 116 cm³/mol. The van der Waals surface area contributed by atoms with Crippen LogP contribution in [0.3, 0.4) is 0 Å². The highest BCUT2D eigenvalue weighted by atomic mass is 35.5. The van der Waals surface area contributed by atoms with Crippen molar-refractivity contribution < 1.29 is 0 Å². The Morgan fingerprint density at radius 3 is 2.54 bits per heavy atom. The molecule has 7 nitrogen and oxygen atoms in total. The molecule has 0 saturated heterocycles. The highest BCUT2D eigenvalue weighted by Crippen LogP contribution is 2.26. The second-order valence-electron chi connectivity index (χ2n) is 6.28. The maximum absolute atomic E-state index is 6.21. The molecule has 28 heavy (non-hydrogen) atoms. The molecule has 0 aliphatic rings. The molecule has 0 atom stereocenters. The number of aromatic nitrogens is 3. The highest BCUT2D eigenvalue weighted by molar-refractivity contribution is 6.36. The fraction of sp³-hybridized carbons (Fsp3) is 0.211. The zero-order valence-electron chi connectivity index (χ0n) is 15.6. The highest BCUT2D eigenvalue weighted by Gasteiger charge is 2.08. The van der Waals surface area contributed by atoms with Crippen LogP contribution in [0, 0.1) is 0 Å². The van der Waals surface area contributed by atoms with E-state index in [1.807, 2.05) is 38.4 Å². The van der Waals surface area contributed by atoms with Crippen LogP contribution >= 0.6 is 23.2 Å². The van der Waals surface area contributed by atoms with Crippen LogP contribution in [-0.4, -0.2) is 47.0 Å². The number of anilines is 3. The summed E-state index contributed by atoms with van der Waals surface area (Å²) in [6.45, 7) is 1.58. The van der Waals surface area contributed by atoms with Crippen LogP contribution in [-0.2, 0) is 0 Å². The number of nitrogens with zero attached hydrogens (tertiary/aromatic N) is 4. The van der Waals surface area contributed by atoms with E-state index in [4.69, 9.17) is 23.2 Å². The van der Waals surface area contributed by atoms with Crippen molar-refractivity contribution in [1.82, 2.24) is 19.9 Å². The summed E-state index contributed by atoms with van der Waals surface area (Å²) in [5, 5.41) is 4.32. The van der Waals surface area contributed by atoms with Crippen LogP contribution in [0.25, 0.3) is 11.4 Å². The molecule has 9 heteroatoms. The zero-order chi connectivity index (χ0) is 19.9. The molecule has 0 unspecified atom stereocenters. The van der Waals surface area contributed by atoms with E-state index >= 15 is 0 Å². The van der Waals surface area contributed by atoms with Crippen molar-refractivity contribution in [2.75, 3.05) is 43.4 Å². The van der Waals surface area contributed by atoms with Crippen LogP contribution in [0.2, 0.25) is 10.0 Å². The first kappa shape index (κ1) is 20.1. The largest absolute Gasteiger partial charge is 0.353 e.